The molecule has 1 aromatic carbocycles. The third kappa shape index (κ3) is 3.76. The Kier molecular flexibility index (Phi) is 5.22. The molecule has 0 aliphatic carbocycles. The lowest BCUT2D eigenvalue weighted by atomic mass is 10.2. The predicted molar refractivity (Wildman–Crippen MR) is 109 cm³/mol. The number of benzene rings is 1. The molecule has 0 amide bonds. The number of rotatable bonds is 5. The Morgan fingerprint density at radius 1 is 1.07 bits per heavy atom. The largest absolute Gasteiger partial charge is 0.463 e. The summed E-state index contributed by atoms with van der Waals surface area (Å²) in [5.74, 6) is 1.27. The van der Waals surface area contributed by atoms with Crippen LogP contribution in [0.4, 0.5) is 11.5 Å². The number of hydrogen-bond donors (Lipinski definition) is 0. The van der Waals surface area contributed by atoms with Crippen LogP contribution < -0.4 is 4.90 Å². The normalized spacial score (nSPS) is 15.3. The van der Waals surface area contributed by atoms with Crippen molar-refractivity contribution in [3.8, 4) is 11.5 Å². The highest BCUT2D eigenvalue weighted by molar-refractivity contribution is 7.89. The van der Waals surface area contributed by atoms with Gasteiger partial charge >= 0.3 is 0 Å². The molecule has 3 aromatic rings. The van der Waals surface area contributed by atoms with Gasteiger partial charge in [-0.05, 0) is 36.8 Å². The van der Waals surface area contributed by atoms with Crippen molar-refractivity contribution < 1.29 is 17.8 Å². The smallest absolute Gasteiger partial charge is 0.270 e. The molecule has 10 nitrogen and oxygen atoms in total. The van der Waals surface area contributed by atoms with Gasteiger partial charge in [0.25, 0.3) is 5.69 Å². The van der Waals surface area contributed by atoms with E-state index in [-0.39, 0.29) is 23.7 Å². The van der Waals surface area contributed by atoms with Crippen molar-refractivity contribution in [2.24, 2.45) is 0 Å². The van der Waals surface area contributed by atoms with Crippen molar-refractivity contribution in [2.45, 2.75) is 11.8 Å². The Balaban J connectivity index is 1.48. The quantitative estimate of drug-likeness (QED) is 0.448. The van der Waals surface area contributed by atoms with E-state index in [1.54, 1.807) is 31.4 Å². The molecule has 0 atom stereocenters. The first kappa shape index (κ1) is 20.0. The summed E-state index contributed by atoms with van der Waals surface area (Å²) in [6, 6.07) is 11.1. The summed E-state index contributed by atoms with van der Waals surface area (Å²) in [7, 11) is -3.84. The summed E-state index contributed by atoms with van der Waals surface area (Å²) in [6.07, 6.45) is 1.56. The number of nitrogens with zero attached hydrogens (tertiary/aromatic N) is 5. The number of aromatic nitrogens is 2. The van der Waals surface area contributed by atoms with E-state index < -0.39 is 14.9 Å². The first-order chi connectivity index (χ1) is 14.4. The van der Waals surface area contributed by atoms with Crippen LogP contribution in [0, 0.1) is 17.0 Å². The SMILES string of the molecule is Cc1ccc([N+](=O)[O-])cc1S(=O)(=O)N1CCN(c2ccc(-c3ccco3)nn2)CC1. The van der Waals surface area contributed by atoms with Crippen LogP contribution in [-0.4, -0.2) is 54.0 Å². The molecule has 1 fully saturated rings. The van der Waals surface area contributed by atoms with Gasteiger partial charge in [-0.2, -0.15) is 4.31 Å². The molecule has 11 heteroatoms. The van der Waals surface area contributed by atoms with Gasteiger partial charge in [0.2, 0.25) is 10.0 Å². The van der Waals surface area contributed by atoms with Gasteiger partial charge < -0.3 is 9.32 Å². The van der Waals surface area contributed by atoms with Crippen molar-refractivity contribution in [3.63, 3.8) is 0 Å². The fraction of sp³-hybridized carbons (Fsp3) is 0.263. The minimum atomic E-state index is -3.84. The van der Waals surface area contributed by atoms with Crippen LogP contribution in [0.1, 0.15) is 5.56 Å². The third-order valence-electron chi connectivity index (χ3n) is 4.99. The average molecular weight is 429 g/mol. The standard InChI is InChI=1S/C19H19N5O5S/c1-14-4-5-15(24(25)26)13-18(14)30(27,28)23-10-8-22(9-11-23)19-7-6-16(20-21-19)17-3-2-12-29-17/h2-7,12-13H,8-11H2,1H3. The van der Waals surface area contributed by atoms with Crippen LogP contribution in [0.5, 0.6) is 0 Å². The molecule has 0 unspecified atom stereocenters. The van der Waals surface area contributed by atoms with E-state index in [9.17, 15) is 18.5 Å². The predicted octanol–water partition coefficient (Wildman–Crippen LogP) is 2.46. The zero-order chi connectivity index (χ0) is 21.3. The molecule has 0 radical (unpaired) electrons. The van der Waals surface area contributed by atoms with Gasteiger partial charge in [0.05, 0.1) is 16.1 Å². The van der Waals surface area contributed by atoms with Crippen LogP contribution in [0.25, 0.3) is 11.5 Å². The molecule has 0 saturated carbocycles. The molecule has 0 N–H and O–H groups in total. The van der Waals surface area contributed by atoms with Gasteiger partial charge in [-0.1, -0.05) is 6.07 Å². The Morgan fingerprint density at radius 3 is 2.43 bits per heavy atom. The highest BCUT2D eigenvalue weighted by Crippen LogP contribution is 2.26. The molecule has 0 bridgehead atoms. The minimum Gasteiger partial charge on any atom is -0.463 e. The summed E-state index contributed by atoms with van der Waals surface area (Å²) in [6.45, 7) is 2.98. The maximum Gasteiger partial charge on any atom is 0.270 e. The van der Waals surface area contributed by atoms with Gasteiger partial charge in [0, 0.05) is 38.3 Å². The van der Waals surface area contributed by atoms with Gasteiger partial charge in [-0.25, -0.2) is 8.42 Å². The van der Waals surface area contributed by atoms with E-state index in [1.165, 1.54) is 16.4 Å². The number of non-ortho nitro benzene ring substituents is 1. The highest BCUT2D eigenvalue weighted by Gasteiger charge is 2.31. The van der Waals surface area contributed by atoms with E-state index in [4.69, 9.17) is 4.42 Å². The fourth-order valence-electron chi connectivity index (χ4n) is 3.33. The number of furan rings is 1. The minimum absolute atomic E-state index is 0.0345. The molecule has 1 aliphatic rings. The Bertz CT molecular complexity index is 1150. The number of nitro groups is 1. The second kappa shape index (κ2) is 7.84. The number of nitro benzene ring substituents is 1. The molecule has 1 saturated heterocycles. The zero-order valence-electron chi connectivity index (χ0n) is 16.1. The van der Waals surface area contributed by atoms with Crippen LogP contribution >= 0.6 is 0 Å². The molecule has 2 aromatic heterocycles. The first-order valence-electron chi connectivity index (χ1n) is 9.24. The number of anilines is 1. The van der Waals surface area contributed by atoms with Crippen LogP contribution in [0.3, 0.4) is 0 Å². The molecule has 4 rings (SSSR count). The van der Waals surface area contributed by atoms with Gasteiger partial charge in [0.15, 0.2) is 11.6 Å². The molecule has 3 heterocycles. The van der Waals surface area contributed by atoms with Gasteiger partial charge in [0.1, 0.15) is 5.69 Å². The summed E-state index contributed by atoms with van der Waals surface area (Å²) in [5.41, 5.74) is 0.846. The second-order valence-electron chi connectivity index (χ2n) is 6.85. The molecule has 0 spiro atoms. The van der Waals surface area contributed by atoms with E-state index in [0.717, 1.165) is 6.07 Å². The van der Waals surface area contributed by atoms with Crippen molar-refractivity contribution in [3.05, 3.63) is 64.4 Å². The number of aryl methyl sites for hydroxylation is 1. The van der Waals surface area contributed by atoms with E-state index >= 15 is 0 Å². The topological polar surface area (TPSA) is 123 Å². The van der Waals surface area contributed by atoms with E-state index in [1.807, 2.05) is 11.0 Å². The van der Waals surface area contributed by atoms with Gasteiger partial charge in [-0.15, -0.1) is 10.2 Å². The number of piperazine rings is 1. The monoisotopic (exact) mass is 429 g/mol. The highest BCUT2D eigenvalue weighted by atomic mass is 32.2. The lowest BCUT2D eigenvalue weighted by molar-refractivity contribution is -0.385. The number of sulfonamides is 1. The molecular weight excluding hydrogens is 410 g/mol. The molecule has 1 aliphatic heterocycles. The van der Waals surface area contributed by atoms with E-state index in [2.05, 4.69) is 10.2 Å². The van der Waals surface area contributed by atoms with Crippen LogP contribution in [0.15, 0.2) is 58.0 Å². The first-order valence-corrected chi connectivity index (χ1v) is 10.7. The summed E-state index contributed by atoms with van der Waals surface area (Å²) in [4.78, 5) is 12.4. The lowest BCUT2D eigenvalue weighted by Gasteiger charge is -2.34. The average Bonchev–Trinajstić information content (AvgIpc) is 3.29. The van der Waals surface area contributed by atoms with E-state index in [0.29, 0.717) is 35.9 Å². The van der Waals surface area contributed by atoms with Crippen molar-refractivity contribution in [2.75, 3.05) is 31.1 Å². The van der Waals surface area contributed by atoms with Crippen molar-refractivity contribution in [1.82, 2.24) is 14.5 Å². The Hall–Kier alpha value is -3.31. The van der Waals surface area contributed by atoms with Crippen molar-refractivity contribution in [1.29, 1.82) is 0 Å². The molecule has 156 valence electrons. The fourth-order valence-corrected chi connectivity index (χ4v) is 4.99. The van der Waals surface area contributed by atoms with Crippen LogP contribution in [-0.2, 0) is 10.0 Å². The summed E-state index contributed by atoms with van der Waals surface area (Å²) < 4.78 is 32.7. The number of hydrogen-bond acceptors (Lipinski definition) is 8. The van der Waals surface area contributed by atoms with Crippen molar-refractivity contribution >= 4 is 21.5 Å². The third-order valence-corrected chi connectivity index (χ3v) is 7.03. The summed E-state index contributed by atoms with van der Waals surface area (Å²) in [5, 5.41) is 19.4. The maximum atomic E-state index is 13.0. The van der Waals surface area contributed by atoms with Crippen LogP contribution in [0.2, 0.25) is 0 Å². The lowest BCUT2D eigenvalue weighted by Crippen LogP contribution is -2.49. The molecular formula is C19H19N5O5S. The Labute approximate surface area is 172 Å². The second-order valence-corrected chi connectivity index (χ2v) is 8.76. The maximum absolute atomic E-state index is 13.0. The molecule has 30 heavy (non-hydrogen) atoms. The Morgan fingerprint density at radius 2 is 1.83 bits per heavy atom. The summed E-state index contributed by atoms with van der Waals surface area (Å²) >= 11 is 0. The zero-order valence-corrected chi connectivity index (χ0v) is 16.9. The van der Waals surface area contributed by atoms with Gasteiger partial charge in [-0.3, -0.25) is 10.1 Å².